The van der Waals surface area contributed by atoms with Gasteiger partial charge in [-0.3, -0.25) is 14.6 Å². The minimum Gasteiger partial charge on any atom is -0.352 e. The molecule has 1 aliphatic rings. The summed E-state index contributed by atoms with van der Waals surface area (Å²) < 4.78 is 0. The highest BCUT2D eigenvalue weighted by molar-refractivity contribution is 8.15. The second-order valence-electron chi connectivity index (χ2n) is 5.67. The summed E-state index contributed by atoms with van der Waals surface area (Å²) >= 11 is 1.32. The number of benzene rings is 2. The van der Waals surface area contributed by atoms with Crippen LogP contribution in [0.25, 0.3) is 0 Å². The van der Waals surface area contributed by atoms with E-state index in [1.54, 1.807) is 0 Å². The van der Waals surface area contributed by atoms with Gasteiger partial charge in [-0.05, 0) is 11.1 Å². The molecule has 128 valence electrons. The lowest BCUT2D eigenvalue weighted by atomic mass is 10.2. The zero-order valence-electron chi connectivity index (χ0n) is 13.6. The number of nitrogens with one attached hydrogen (secondary N) is 2. The highest BCUT2D eigenvalue weighted by Crippen LogP contribution is 2.22. The number of hydrogen-bond acceptors (Lipinski definition) is 4. The van der Waals surface area contributed by atoms with E-state index in [1.165, 1.54) is 11.8 Å². The van der Waals surface area contributed by atoms with E-state index < -0.39 is 5.25 Å². The summed E-state index contributed by atoms with van der Waals surface area (Å²) in [5, 5.41) is 5.75. The van der Waals surface area contributed by atoms with E-state index in [-0.39, 0.29) is 18.2 Å². The zero-order valence-corrected chi connectivity index (χ0v) is 14.5. The number of aliphatic imine (C=N–C) groups is 1. The fraction of sp³-hybridized carbons (Fsp3) is 0.211. The molecule has 1 heterocycles. The molecule has 0 saturated carbocycles. The van der Waals surface area contributed by atoms with Crippen molar-refractivity contribution in [3.63, 3.8) is 0 Å². The van der Waals surface area contributed by atoms with Crippen LogP contribution in [0.15, 0.2) is 65.7 Å². The quantitative estimate of drug-likeness (QED) is 0.838. The Morgan fingerprint density at radius 1 is 1.04 bits per heavy atom. The Morgan fingerprint density at radius 2 is 1.68 bits per heavy atom. The second kappa shape index (κ2) is 8.48. The topological polar surface area (TPSA) is 70.6 Å². The summed E-state index contributed by atoms with van der Waals surface area (Å²) in [5.41, 5.74) is 2.11. The van der Waals surface area contributed by atoms with Crippen LogP contribution in [0.2, 0.25) is 0 Å². The Balaban J connectivity index is 1.48. The van der Waals surface area contributed by atoms with Crippen molar-refractivity contribution in [1.29, 1.82) is 0 Å². The molecular formula is C19H19N3O2S. The first-order valence-corrected chi connectivity index (χ1v) is 8.95. The van der Waals surface area contributed by atoms with Crippen LogP contribution < -0.4 is 10.6 Å². The molecule has 1 aliphatic heterocycles. The van der Waals surface area contributed by atoms with Crippen molar-refractivity contribution in [3.05, 3.63) is 71.8 Å². The first kappa shape index (κ1) is 17.2. The van der Waals surface area contributed by atoms with Gasteiger partial charge in [0.05, 0.1) is 6.54 Å². The summed E-state index contributed by atoms with van der Waals surface area (Å²) in [5.74, 6) is -0.299. The maximum Gasteiger partial charge on any atom is 0.240 e. The van der Waals surface area contributed by atoms with Crippen molar-refractivity contribution in [3.8, 4) is 0 Å². The number of nitrogens with zero attached hydrogens (tertiary/aromatic N) is 1. The van der Waals surface area contributed by atoms with E-state index in [2.05, 4.69) is 15.6 Å². The predicted molar refractivity (Wildman–Crippen MR) is 100 cm³/mol. The van der Waals surface area contributed by atoms with Crippen LogP contribution in [0.3, 0.4) is 0 Å². The van der Waals surface area contributed by atoms with E-state index in [4.69, 9.17) is 0 Å². The lowest BCUT2D eigenvalue weighted by Gasteiger charge is -2.07. The number of carbonyl (C=O) groups excluding carboxylic acids is 2. The molecule has 0 aromatic heterocycles. The minimum atomic E-state index is -0.426. The molecule has 0 radical (unpaired) electrons. The number of amides is 2. The van der Waals surface area contributed by atoms with Crippen LogP contribution in [-0.2, 0) is 22.7 Å². The van der Waals surface area contributed by atoms with Gasteiger partial charge < -0.3 is 10.6 Å². The van der Waals surface area contributed by atoms with Crippen LogP contribution in [-0.4, -0.2) is 22.2 Å². The lowest BCUT2D eigenvalue weighted by molar-refractivity contribution is -0.125. The van der Waals surface area contributed by atoms with Crippen LogP contribution >= 0.6 is 11.8 Å². The third-order valence-corrected chi connectivity index (χ3v) is 4.85. The van der Waals surface area contributed by atoms with Crippen molar-refractivity contribution in [2.24, 2.45) is 4.99 Å². The van der Waals surface area contributed by atoms with Crippen LogP contribution in [0.5, 0.6) is 0 Å². The minimum absolute atomic E-state index is 0.138. The van der Waals surface area contributed by atoms with Gasteiger partial charge in [0.15, 0.2) is 5.17 Å². The van der Waals surface area contributed by atoms with Gasteiger partial charge in [-0.2, -0.15) is 0 Å². The van der Waals surface area contributed by atoms with Crippen LogP contribution in [0.1, 0.15) is 17.5 Å². The SMILES string of the molecule is O=C(C[C@H]1SC(=NCc2ccccc2)NC1=O)NCc1ccccc1. The number of hydrogen-bond donors (Lipinski definition) is 2. The molecule has 1 atom stereocenters. The maximum absolute atomic E-state index is 12.1. The van der Waals surface area contributed by atoms with Crippen LogP contribution in [0.4, 0.5) is 0 Å². The van der Waals surface area contributed by atoms with Gasteiger partial charge in [0.2, 0.25) is 11.8 Å². The summed E-state index contributed by atoms with van der Waals surface area (Å²) in [4.78, 5) is 28.5. The van der Waals surface area contributed by atoms with Gasteiger partial charge in [0.25, 0.3) is 0 Å². The normalized spacial score (nSPS) is 18.2. The molecule has 2 aromatic rings. The van der Waals surface area contributed by atoms with Crippen molar-refractivity contribution in [1.82, 2.24) is 10.6 Å². The Labute approximate surface area is 150 Å². The van der Waals surface area contributed by atoms with Gasteiger partial charge in [0, 0.05) is 13.0 Å². The first-order valence-electron chi connectivity index (χ1n) is 8.07. The average Bonchev–Trinajstić information content (AvgIpc) is 2.99. The van der Waals surface area contributed by atoms with Gasteiger partial charge in [-0.25, -0.2) is 0 Å². The molecule has 25 heavy (non-hydrogen) atoms. The lowest BCUT2D eigenvalue weighted by Crippen LogP contribution is -2.31. The fourth-order valence-electron chi connectivity index (χ4n) is 2.40. The number of carbonyl (C=O) groups is 2. The third-order valence-electron chi connectivity index (χ3n) is 3.73. The molecule has 0 spiro atoms. The summed E-state index contributed by atoms with van der Waals surface area (Å²) in [6.45, 7) is 0.976. The first-order chi connectivity index (χ1) is 12.2. The monoisotopic (exact) mass is 353 g/mol. The van der Waals surface area contributed by atoms with Gasteiger partial charge >= 0.3 is 0 Å². The summed E-state index contributed by atoms with van der Waals surface area (Å²) in [6, 6.07) is 19.5. The van der Waals surface area contributed by atoms with Crippen molar-refractivity contribution in [2.75, 3.05) is 0 Å². The number of thioether (sulfide) groups is 1. The number of rotatable bonds is 6. The molecule has 2 amide bonds. The highest BCUT2D eigenvalue weighted by Gasteiger charge is 2.31. The molecule has 0 unspecified atom stereocenters. The zero-order chi connectivity index (χ0) is 17.5. The molecule has 0 aliphatic carbocycles. The van der Waals surface area contributed by atoms with Gasteiger partial charge in [-0.1, -0.05) is 72.4 Å². The Hall–Kier alpha value is -2.60. The van der Waals surface area contributed by atoms with E-state index in [9.17, 15) is 9.59 Å². The predicted octanol–water partition coefficient (Wildman–Crippen LogP) is 2.48. The van der Waals surface area contributed by atoms with E-state index in [0.29, 0.717) is 18.3 Å². The highest BCUT2D eigenvalue weighted by atomic mass is 32.2. The molecule has 1 saturated heterocycles. The molecule has 0 bridgehead atoms. The van der Waals surface area contributed by atoms with Crippen molar-refractivity contribution in [2.45, 2.75) is 24.8 Å². The molecule has 6 heteroatoms. The molecule has 3 rings (SSSR count). The smallest absolute Gasteiger partial charge is 0.240 e. The van der Waals surface area contributed by atoms with E-state index >= 15 is 0 Å². The molecule has 5 nitrogen and oxygen atoms in total. The largest absolute Gasteiger partial charge is 0.352 e. The Bertz CT molecular complexity index is 763. The van der Waals surface area contributed by atoms with E-state index in [1.807, 2.05) is 60.7 Å². The van der Waals surface area contributed by atoms with Crippen LogP contribution in [0, 0.1) is 0 Å². The maximum atomic E-state index is 12.1. The third kappa shape index (κ3) is 5.19. The fourth-order valence-corrected chi connectivity index (χ4v) is 3.37. The summed E-state index contributed by atoms with van der Waals surface area (Å²) in [6.07, 6.45) is 0.147. The Morgan fingerprint density at radius 3 is 2.36 bits per heavy atom. The van der Waals surface area contributed by atoms with Crippen molar-refractivity contribution >= 4 is 28.7 Å². The number of amidine groups is 1. The Kier molecular flexibility index (Phi) is 5.85. The van der Waals surface area contributed by atoms with Gasteiger partial charge in [-0.15, -0.1) is 0 Å². The standard InChI is InChI=1S/C19H19N3O2S/c23-17(20-12-14-7-3-1-4-8-14)11-16-18(24)22-19(25-16)21-13-15-9-5-2-6-10-15/h1-10,16H,11-13H2,(H,20,23)(H,21,22,24)/t16-/m1/s1. The molecule has 2 N–H and O–H groups in total. The summed E-state index contributed by atoms with van der Waals surface area (Å²) in [7, 11) is 0. The molecule has 1 fully saturated rings. The van der Waals surface area contributed by atoms with Crippen molar-refractivity contribution < 1.29 is 9.59 Å². The van der Waals surface area contributed by atoms with E-state index in [0.717, 1.165) is 11.1 Å². The van der Waals surface area contributed by atoms with Gasteiger partial charge in [0.1, 0.15) is 5.25 Å². The second-order valence-corrected chi connectivity index (χ2v) is 6.86. The average molecular weight is 353 g/mol. The molecule has 2 aromatic carbocycles. The molecular weight excluding hydrogens is 334 g/mol.